The van der Waals surface area contributed by atoms with Gasteiger partial charge in [-0.3, -0.25) is 0 Å². The zero-order valence-electron chi connectivity index (χ0n) is 12.2. The molecule has 1 aliphatic carbocycles. The molecule has 0 atom stereocenters. The number of hydrogen-bond donors (Lipinski definition) is 0. The van der Waals surface area contributed by atoms with E-state index in [1.54, 1.807) is 0 Å². The standard InChI is InChI=1S/C18H32/c1-2-4-6-8-10-12-14-16-18-17-15-13-11-9-7-5-3-1/h1-2,17-18H,3-16H2. The SMILES string of the molecule is C1=CCCCCCCCC=CCCCCCCC1. The van der Waals surface area contributed by atoms with Crippen LogP contribution in [0, 0.1) is 0 Å². The Balaban J connectivity index is 2.12. The van der Waals surface area contributed by atoms with Crippen LogP contribution < -0.4 is 0 Å². The highest BCUT2D eigenvalue weighted by atomic mass is 14.0. The second kappa shape index (κ2) is 12.9. The highest BCUT2D eigenvalue weighted by molar-refractivity contribution is 4.82. The molecule has 0 aromatic rings. The minimum atomic E-state index is 1.31. The molecule has 0 fully saturated rings. The molecule has 18 heavy (non-hydrogen) atoms. The molecule has 0 aromatic heterocycles. The van der Waals surface area contributed by atoms with Crippen molar-refractivity contribution in [2.24, 2.45) is 0 Å². The van der Waals surface area contributed by atoms with Crippen LogP contribution in [0.3, 0.4) is 0 Å². The van der Waals surface area contributed by atoms with Crippen molar-refractivity contribution in [1.82, 2.24) is 0 Å². The highest BCUT2D eigenvalue weighted by Crippen LogP contribution is 2.11. The summed E-state index contributed by atoms with van der Waals surface area (Å²) in [6.45, 7) is 0. The fourth-order valence-electron chi connectivity index (χ4n) is 2.58. The molecule has 0 saturated carbocycles. The molecule has 0 bridgehead atoms. The van der Waals surface area contributed by atoms with Crippen molar-refractivity contribution in [3.05, 3.63) is 24.3 Å². The Kier molecular flexibility index (Phi) is 11.2. The Morgan fingerprint density at radius 3 is 0.778 bits per heavy atom. The molecule has 0 nitrogen and oxygen atoms in total. The summed E-state index contributed by atoms with van der Waals surface area (Å²) < 4.78 is 0. The van der Waals surface area contributed by atoms with Crippen molar-refractivity contribution in [3.63, 3.8) is 0 Å². The lowest BCUT2D eigenvalue weighted by Crippen LogP contribution is -1.80. The number of rotatable bonds is 0. The Morgan fingerprint density at radius 1 is 0.278 bits per heavy atom. The lowest BCUT2D eigenvalue weighted by Gasteiger charge is -2.00. The van der Waals surface area contributed by atoms with Gasteiger partial charge in [-0.25, -0.2) is 0 Å². The summed E-state index contributed by atoms with van der Waals surface area (Å²) in [5.41, 5.74) is 0. The molecular weight excluding hydrogens is 216 g/mol. The van der Waals surface area contributed by atoms with E-state index < -0.39 is 0 Å². The Morgan fingerprint density at radius 2 is 0.500 bits per heavy atom. The van der Waals surface area contributed by atoms with Crippen LogP contribution in [0.4, 0.5) is 0 Å². The number of allylic oxidation sites excluding steroid dienone is 4. The van der Waals surface area contributed by atoms with Crippen LogP contribution in [-0.2, 0) is 0 Å². The van der Waals surface area contributed by atoms with Gasteiger partial charge in [0, 0.05) is 0 Å². The molecule has 0 saturated heterocycles. The third kappa shape index (κ3) is 10.6. The van der Waals surface area contributed by atoms with E-state index in [1.807, 2.05) is 0 Å². The molecule has 1 rings (SSSR count). The second-order valence-electron chi connectivity index (χ2n) is 5.63. The van der Waals surface area contributed by atoms with E-state index in [1.165, 1.54) is 89.9 Å². The molecule has 0 spiro atoms. The second-order valence-corrected chi connectivity index (χ2v) is 5.63. The molecule has 0 radical (unpaired) electrons. The van der Waals surface area contributed by atoms with Crippen LogP contribution in [0.5, 0.6) is 0 Å². The van der Waals surface area contributed by atoms with Gasteiger partial charge >= 0.3 is 0 Å². The quantitative estimate of drug-likeness (QED) is 0.425. The van der Waals surface area contributed by atoms with Gasteiger partial charge < -0.3 is 0 Å². The van der Waals surface area contributed by atoms with Crippen molar-refractivity contribution in [3.8, 4) is 0 Å². The van der Waals surface area contributed by atoms with E-state index in [9.17, 15) is 0 Å². The molecule has 0 amide bonds. The summed E-state index contributed by atoms with van der Waals surface area (Å²) >= 11 is 0. The first-order valence-corrected chi connectivity index (χ1v) is 8.30. The first-order chi connectivity index (χ1) is 9.00. The molecule has 0 heteroatoms. The molecular formula is C18H32. The fourth-order valence-corrected chi connectivity index (χ4v) is 2.58. The molecule has 1 aliphatic rings. The van der Waals surface area contributed by atoms with E-state index in [4.69, 9.17) is 0 Å². The van der Waals surface area contributed by atoms with Crippen molar-refractivity contribution < 1.29 is 0 Å². The molecule has 0 N–H and O–H groups in total. The summed E-state index contributed by atoms with van der Waals surface area (Å²) in [7, 11) is 0. The van der Waals surface area contributed by atoms with E-state index in [0.29, 0.717) is 0 Å². The highest BCUT2D eigenvalue weighted by Gasteiger charge is 1.91. The van der Waals surface area contributed by atoms with Gasteiger partial charge in [0.15, 0.2) is 0 Å². The van der Waals surface area contributed by atoms with Gasteiger partial charge in [0.25, 0.3) is 0 Å². The third-order valence-corrected chi connectivity index (χ3v) is 3.82. The van der Waals surface area contributed by atoms with Crippen LogP contribution in [0.2, 0.25) is 0 Å². The maximum absolute atomic E-state index is 2.41. The fraction of sp³-hybridized carbons (Fsp3) is 0.778. The minimum Gasteiger partial charge on any atom is -0.0885 e. The largest absolute Gasteiger partial charge is 0.0885 e. The molecule has 0 heterocycles. The van der Waals surface area contributed by atoms with Crippen molar-refractivity contribution >= 4 is 0 Å². The predicted octanol–water partition coefficient (Wildman–Crippen LogP) is 6.57. The Bertz CT molecular complexity index is 168. The van der Waals surface area contributed by atoms with Crippen LogP contribution in [0.25, 0.3) is 0 Å². The summed E-state index contributed by atoms with van der Waals surface area (Å²) in [4.78, 5) is 0. The van der Waals surface area contributed by atoms with Crippen LogP contribution >= 0.6 is 0 Å². The van der Waals surface area contributed by atoms with E-state index in [-0.39, 0.29) is 0 Å². The average Bonchev–Trinajstić information content (AvgIpc) is 2.39. The van der Waals surface area contributed by atoms with E-state index >= 15 is 0 Å². The van der Waals surface area contributed by atoms with Crippen LogP contribution in [0.15, 0.2) is 24.3 Å². The zero-order chi connectivity index (χ0) is 12.7. The minimum absolute atomic E-state index is 1.31. The monoisotopic (exact) mass is 248 g/mol. The predicted molar refractivity (Wildman–Crippen MR) is 82.9 cm³/mol. The van der Waals surface area contributed by atoms with Crippen LogP contribution in [-0.4, -0.2) is 0 Å². The molecule has 0 aromatic carbocycles. The van der Waals surface area contributed by atoms with Gasteiger partial charge in [-0.2, -0.15) is 0 Å². The van der Waals surface area contributed by atoms with Gasteiger partial charge in [-0.05, 0) is 51.4 Å². The van der Waals surface area contributed by atoms with Crippen LogP contribution in [0.1, 0.15) is 89.9 Å². The Labute approximate surface area is 115 Å². The molecule has 0 aliphatic heterocycles. The zero-order valence-corrected chi connectivity index (χ0v) is 12.2. The van der Waals surface area contributed by atoms with Gasteiger partial charge in [0.1, 0.15) is 0 Å². The average molecular weight is 248 g/mol. The molecule has 104 valence electrons. The maximum atomic E-state index is 2.41. The maximum Gasteiger partial charge on any atom is -0.0351 e. The van der Waals surface area contributed by atoms with Gasteiger partial charge in [-0.15, -0.1) is 0 Å². The van der Waals surface area contributed by atoms with Gasteiger partial charge in [-0.1, -0.05) is 62.8 Å². The lowest BCUT2D eigenvalue weighted by atomic mass is 10.1. The summed E-state index contributed by atoms with van der Waals surface area (Å²) in [6, 6.07) is 0. The van der Waals surface area contributed by atoms with Crippen molar-refractivity contribution in [2.75, 3.05) is 0 Å². The first kappa shape index (κ1) is 15.5. The van der Waals surface area contributed by atoms with E-state index in [0.717, 1.165) is 0 Å². The summed E-state index contributed by atoms with van der Waals surface area (Å²) in [6.07, 6.45) is 29.0. The first-order valence-electron chi connectivity index (χ1n) is 8.30. The Hall–Kier alpha value is -0.520. The molecule has 0 unspecified atom stereocenters. The smallest absolute Gasteiger partial charge is 0.0351 e. The van der Waals surface area contributed by atoms with Gasteiger partial charge in [0.2, 0.25) is 0 Å². The van der Waals surface area contributed by atoms with E-state index in [2.05, 4.69) is 24.3 Å². The van der Waals surface area contributed by atoms with Gasteiger partial charge in [0.05, 0.1) is 0 Å². The third-order valence-electron chi connectivity index (χ3n) is 3.82. The summed E-state index contributed by atoms with van der Waals surface area (Å²) in [5, 5.41) is 0. The number of hydrogen-bond acceptors (Lipinski definition) is 0. The topological polar surface area (TPSA) is 0 Å². The normalized spacial score (nSPS) is 22.2. The van der Waals surface area contributed by atoms with Crippen molar-refractivity contribution in [1.29, 1.82) is 0 Å². The summed E-state index contributed by atoms with van der Waals surface area (Å²) in [5.74, 6) is 0. The lowest BCUT2D eigenvalue weighted by molar-refractivity contribution is 0.611. The van der Waals surface area contributed by atoms with Crippen molar-refractivity contribution in [2.45, 2.75) is 89.9 Å².